The number of aromatic nitrogens is 1. The molecule has 3 aromatic rings. The first-order valence-corrected chi connectivity index (χ1v) is 8.17. The van der Waals surface area contributed by atoms with Crippen molar-refractivity contribution in [1.29, 1.82) is 5.26 Å². The molecule has 0 aliphatic rings. The van der Waals surface area contributed by atoms with Gasteiger partial charge in [0.05, 0.1) is 23.5 Å². The smallest absolute Gasteiger partial charge is 0.274 e. The van der Waals surface area contributed by atoms with Gasteiger partial charge in [-0.1, -0.05) is 6.07 Å². The molecule has 0 saturated carbocycles. The van der Waals surface area contributed by atoms with E-state index in [4.69, 9.17) is 5.26 Å². The molecule has 0 saturated heterocycles. The van der Waals surface area contributed by atoms with Crippen LogP contribution in [0.1, 0.15) is 27.2 Å². The van der Waals surface area contributed by atoms with Gasteiger partial charge in [0.1, 0.15) is 5.69 Å². The summed E-state index contributed by atoms with van der Waals surface area (Å²) < 4.78 is 0. The molecule has 0 unspecified atom stereocenters. The van der Waals surface area contributed by atoms with Crippen LogP contribution >= 0.6 is 0 Å². The minimum Gasteiger partial charge on any atom is -0.354 e. The van der Waals surface area contributed by atoms with Crippen LogP contribution in [0.15, 0.2) is 60.8 Å². The van der Waals surface area contributed by atoms with E-state index in [0.29, 0.717) is 16.9 Å². The SMILES string of the molecule is Cc1ccc(Nc2ccc(C(=O)Nc3ccc(C#N)cc3)nc2)cc1C. The van der Waals surface area contributed by atoms with Gasteiger partial charge in [0.2, 0.25) is 0 Å². The summed E-state index contributed by atoms with van der Waals surface area (Å²) in [5.41, 5.74) is 5.72. The maximum absolute atomic E-state index is 12.3. The summed E-state index contributed by atoms with van der Waals surface area (Å²) in [6.07, 6.45) is 1.63. The number of carbonyl (C=O) groups excluding carboxylic acids is 1. The van der Waals surface area contributed by atoms with Crippen LogP contribution < -0.4 is 10.6 Å². The monoisotopic (exact) mass is 342 g/mol. The van der Waals surface area contributed by atoms with Crippen LogP contribution in [0.25, 0.3) is 0 Å². The number of hydrogen-bond donors (Lipinski definition) is 2. The van der Waals surface area contributed by atoms with Crippen molar-refractivity contribution in [1.82, 2.24) is 4.98 Å². The average Bonchev–Trinajstić information content (AvgIpc) is 2.66. The van der Waals surface area contributed by atoms with E-state index in [9.17, 15) is 4.79 Å². The third-order valence-electron chi connectivity index (χ3n) is 4.06. The third kappa shape index (κ3) is 4.05. The summed E-state index contributed by atoms with van der Waals surface area (Å²) in [6, 6.07) is 18.3. The lowest BCUT2D eigenvalue weighted by Gasteiger charge is -2.09. The lowest BCUT2D eigenvalue weighted by molar-refractivity contribution is 0.102. The molecule has 5 heteroatoms. The normalized spacial score (nSPS) is 10.0. The average molecular weight is 342 g/mol. The summed E-state index contributed by atoms with van der Waals surface area (Å²) in [5, 5.41) is 14.8. The first-order valence-electron chi connectivity index (χ1n) is 8.17. The van der Waals surface area contributed by atoms with Gasteiger partial charge in [-0.2, -0.15) is 5.26 Å². The number of hydrogen-bond acceptors (Lipinski definition) is 4. The number of amides is 1. The highest BCUT2D eigenvalue weighted by Gasteiger charge is 2.08. The highest BCUT2D eigenvalue weighted by molar-refractivity contribution is 6.03. The zero-order valence-electron chi connectivity index (χ0n) is 14.6. The van der Waals surface area contributed by atoms with Crippen LogP contribution in [0.2, 0.25) is 0 Å². The molecule has 0 spiro atoms. The Labute approximate surface area is 152 Å². The Hall–Kier alpha value is -3.65. The number of pyridine rings is 1. The second-order valence-electron chi connectivity index (χ2n) is 6.00. The van der Waals surface area contributed by atoms with E-state index in [1.165, 1.54) is 11.1 Å². The van der Waals surface area contributed by atoms with Crippen molar-refractivity contribution in [2.45, 2.75) is 13.8 Å². The van der Waals surface area contributed by atoms with Gasteiger partial charge in [-0.05, 0) is 73.5 Å². The van der Waals surface area contributed by atoms with Crippen molar-refractivity contribution in [3.8, 4) is 6.07 Å². The molecular formula is C21H18N4O. The van der Waals surface area contributed by atoms with E-state index >= 15 is 0 Å². The molecule has 26 heavy (non-hydrogen) atoms. The van der Waals surface area contributed by atoms with Gasteiger partial charge in [-0.25, -0.2) is 4.98 Å². The Balaban J connectivity index is 1.67. The van der Waals surface area contributed by atoms with E-state index in [2.05, 4.69) is 41.6 Å². The molecule has 1 heterocycles. The van der Waals surface area contributed by atoms with Gasteiger partial charge >= 0.3 is 0 Å². The molecule has 0 aliphatic heterocycles. The van der Waals surface area contributed by atoms with Crippen molar-refractivity contribution in [2.24, 2.45) is 0 Å². The molecule has 2 aromatic carbocycles. The molecule has 1 aromatic heterocycles. The Bertz CT molecular complexity index is 970. The number of rotatable bonds is 4. The maximum atomic E-state index is 12.3. The zero-order chi connectivity index (χ0) is 18.5. The lowest BCUT2D eigenvalue weighted by atomic mass is 10.1. The summed E-state index contributed by atoms with van der Waals surface area (Å²) in [4.78, 5) is 16.5. The van der Waals surface area contributed by atoms with Gasteiger partial charge in [0.15, 0.2) is 0 Å². The maximum Gasteiger partial charge on any atom is 0.274 e. The fourth-order valence-electron chi connectivity index (χ4n) is 2.41. The number of anilines is 3. The highest BCUT2D eigenvalue weighted by atomic mass is 16.1. The summed E-state index contributed by atoms with van der Waals surface area (Å²) in [5.74, 6) is -0.299. The topological polar surface area (TPSA) is 77.8 Å². The second kappa shape index (κ2) is 7.49. The van der Waals surface area contributed by atoms with Crippen molar-refractivity contribution >= 4 is 23.0 Å². The fraction of sp³-hybridized carbons (Fsp3) is 0.0952. The number of nitrogens with one attached hydrogen (secondary N) is 2. The Morgan fingerprint density at radius 2 is 1.62 bits per heavy atom. The van der Waals surface area contributed by atoms with Crippen molar-refractivity contribution in [2.75, 3.05) is 10.6 Å². The molecule has 0 atom stereocenters. The lowest BCUT2D eigenvalue weighted by Crippen LogP contribution is -2.13. The van der Waals surface area contributed by atoms with Gasteiger partial charge < -0.3 is 10.6 Å². The molecule has 2 N–H and O–H groups in total. The van der Waals surface area contributed by atoms with E-state index in [0.717, 1.165) is 11.4 Å². The van der Waals surface area contributed by atoms with Gasteiger partial charge in [-0.15, -0.1) is 0 Å². The van der Waals surface area contributed by atoms with Crippen molar-refractivity contribution in [3.05, 3.63) is 83.2 Å². The largest absolute Gasteiger partial charge is 0.354 e. The molecule has 0 fully saturated rings. The Morgan fingerprint density at radius 3 is 2.23 bits per heavy atom. The molecule has 0 radical (unpaired) electrons. The summed E-state index contributed by atoms with van der Waals surface area (Å²) >= 11 is 0. The van der Waals surface area contributed by atoms with Crippen molar-refractivity contribution in [3.63, 3.8) is 0 Å². The first-order chi connectivity index (χ1) is 12.5. The van der Waals surface area contributed by atoms with Gasteiger partial charge in [-0.3, -0.25) is 4.79 Å². The van der Waals surface area contributed by atoms with Gasteiger partial charge in [0, 0.05) is 11.4 Å². The van der Waals surface area contributed by atoms with Crippen LogP contribution in [0.5, 0.6) is 0 Å². The predicted molar refractivity (Wildman–Crippen MR) is 103 cm³/mol. The summed E-state index contributed by atoms with van der Waals surface area (Å²) in [6.45, 7) is 4.14. The second-order valence-corrected chi connectivity index (χ2v) is 6.00. The van der Waals surface area contributed by atoms with E-state index in [-0.39, 0.29) is 5.91 Å². The molecule has 128 valence electrons. The van der Waals surface area contributed by atoms with Crippen LogP contribution in [-0.2, 0) is 0 Å². The van der Waals surface area contributed by atoms with E-state index in [1.54, 1.807) is 36.5 Å². The minimum atomic E-state index is -0.299. The standard InChI is InChI=1S/C21H18N4O/c1-14-3-6-18(11-15(14)2)24-19-9-10-20(23-13-19)21(26)25-17-7-4-16(12-22)5-8-17/h3-11,13,24H,1-2H3,(H,25,26). The quantitative estimate of drug-likeness (QED) is 0.728. The van der Waals surface area contributed by atoms with Crippen LogP contribution in [0.4, 0.5) is 17.1 Å². The number of nitriles is 1. The molecule has 0 bridgehead atoms. The van der Waals surface area contributed by atoms with E-state index in [1.807, 2.05) is 18.2 Å². The molecule has 3 rings (SSSR count). The number of aryl methyl sites for hydroxylation is 2. The number of carbonyl (C=O) groups is 1. The summed E-state index contributed by atoms with van der Waals surface area (Å²) in [7, 11) is 0. The Kier molecular flexibility index (Phi) is 4.95. The van der Waals surface area contributed by atoms with Crippen LogP contribution in [0.3, 0.4) is 0 Å². The first kappa shape index (κ1) is 17.2. The Morgan fingerprint density at radius 1 is 0.923 bits per heavy atom. The zero-order valence-corrected chi connectivity index (χ0v) is 14.6. The van der Waals surface area contributed by atoms with Crippen molar-refractivity contribution < 1.29 is 4.79 Å². The number of benzene rings is 2. The minimum absolute atomic E-state index is 0.299. The molecular weight excluding hydrogens is 324 g/mol. The number of nitrogens with zero attached hydrogens (tertiary/aromatic N) is 2. The molecule has 1 amide bonds. The highest BCUT2D eigenvalue weighted by Crippen LogP contribution is 2.19. The molecule has 0 aliphatic carbocycles. The van der Waals surface area contributed by atoms with Gasteiger partial charge in [0.25, 0.3) is 5.91 Å². The predicted octanol–water partition coefficient (Wildman–Crippen LogP) is 4.57. The van der Waals surface area contributed by atoms with Crippen LogP contribution in [-0.4, -0.2) is 10.9 Å². The van der Waals surface area contributed by atoms with Crippen LogP contribution in [0, 0.1) is 25.2 Å². The third-order valence-corrected chi connectivity index (χ3v) is 4.06. The fourth-order valence-corrected chi connectivity index (χ4v) is 2.41. The van der Waals surface area contributed by atoms with E-state index < -0.39 is 0 Å². The molecule has 5 nitrogen and oxygen atoms in total.